The first-order chi connectivity index (χ1) is 11.1. The second-order valence-corrected chi connectivity index (χ2v) is 5.87. The number of hydrogen-bond donors (Lipinski definition) is 0. The van der Waals surface area contributed by atoms with Crippen LogP contribution in [0.2, 0.25) is 0 Å². The van der Waals surface area contributed by atoms with Gasteiger partial charge in [-0.15, -0.1) is 0 Å². The average molecular weight is 311 g/mol. The van der Waals surface area contributed by atoms with Crippen LogP contribution in [0.15, 0.2) is 60.7 Å². The van der Waals surface area contributed by atoms with E-state index >= 15 is 0 Å². The summed E-state index contributed by atoms with van der Waals surface area (Å²) in [4.78, 5) is 14.8. The van der Waals surface area contributed by atoms with Crippen LogP contribution in [0.25, 0.3) is 0 Å². The lowest BCUT2D eigenvalue weighted by Crippen LogP contribution is -2.44. The first-order valence-electron chi connectivity index (χ1n) is 8.18. The molecule has 2 aromatic rings. The second kappa shape index (κ2) is 8.37. The van der Waals surface area contributed by atoms with Crippen molar-refractivity contribution < 1.29 is 9.53 Å². The predicted octanol–water partition coefficient (Wildman–Crippen LogP) is 4.28. The highest BCUT2D eigenvalue weighted by Crippen LogP contribution is 2.17. The fourth-order valence-corrected chi connectivity index (χ4v) is 2.45. The zero-order chi connectivity index (χ0) is 16.7. The van der Waals surface area contributed by atoms with Crippen molar-refractivity contribution in [2.24, 2.45) is 0 Å². The Labute approximate surface area is 138 Å². The van der Waals surface area contributed by atoms with Crippen LogP contribution in [-0.4, -0.2) is 23.0 Å². The summed E-state index contributed by atoms with van der Waals surface area (Å²) in [7, 11) is 0. The Bertz CT molecular complexity index is 596. The molecular weight excluding hydrogens is 286 g/mol. The van der Waals surface area contributed by atoms with Crippen molar-refractivity contribution in [3.63, 3.8) is 0 Å². The maximum absolute atomic E-state index is 12.9. The first kappa shape index (κ1) is 17.1. The zero-order valence-electron chi connectivity index (χ0n) is 14.1. The molecule has 0 fully saturated rings. The molecular formula is C20H25NO2. The molecule has 1 atom stereocenters. The molecule has 0 aliphatic carbocycles. The molecule has 23 heavy (non-hydrogen) atoms. The lowest BCUT2D eigenvalue weighted by Gasteiger charge is -2.30. The quantitative estimate of drug-likeness (QED) is 0.764. The monoisotopic (exact) mass is 311 g/mol. The topological polar surface area (TPSA) is 29.5 Å². The number of hydrogen-bond acceptors (Lipinski definition) is 2. The van der Waals surface area contributed by atoms with E-state index in [-0.39, 0.29) is 11.9 Å². The lowest BCUT2D eigenvalue weighted by atomic mass is 10.1. The van der Waals surface area contributed by atoms with Gasteiger partial charge in [0.1, 0.15) is 5.75 Å². The normalized spacial score (nSPS) is 12.0. The lowest BCUT2D eigenvalue weighted by molar-refractivity contribution is -0.141. The van der Waals surface area contributed by atoms with Gasteiger partial charge < -0.3 is 9.64 Å². The minimum Gasteiger partial charge on any atom is -0.481 e. The van der Waals surface area contributed by atoms with Crippen LogP contribution in [0.3, 0.4) is 0 Å². The first-order valence-corrected chi connectivity index (χ1v) is 8.18. The van der Waals surface area contributed by atoms with E-state index in [1.165, 1.54) is 0 Å². The van der Waals surface area contributed by atoms with Crippen LogP contribution in [-0.2, 0) is 11.3 Å². The predicted molar refractivity (Wildman–Crippen MR) is 93.3 cm³/mol. The number of carbonyl (C=O) groups is 1. The Morgan fingerprint density at radius 1 is 1.00 bits per heavy atom. The van der Waals surface area contributed by atoms with Crippen LogP contribution in [0, 0.1) is 0 Å². The maximum Gasteiger partial charge on any atom is 0.264 e. The van der Waals surface area contributed by atoms with Gasteiger partial charge in [-0.05, 0) is 38.0 Å². The Hall–Kier alpha value is -2.29. The molecule has 0 saturated heterocycles. The SMILES string of the molecule is CC[C@H](Oc1ccccc1)C(=O)N(Cc1ccccc1)C(C)C. The van der Waals surface area contributed by atoms with Crippen molar-refractivity contribution >= 4 is 5.91 Å². The van der Waals surface area contributed by atoms with E-state index in [1.807, 2.05) is 86.3 Å². The molecule has 3 heteroatoms. The Morgan fingerprint density at radius 2 is 1.57 bits per heavy atom. The molecule has 0 heterocycles. The van der Waals surface area contributed by atoms with Crippen LogP contribution in [0.4, 0.5) is 0 Å². The molecule has 0 aliphatic rings. The Kier molecular flexibility index (Phi) is 6.21. The van der Waals surface area contributed by atoms with E-state index in [0.717, 1.165) is 11.3 Å². The summed E-state index contributed by atoms with van der Waals surface area (Å²) < 4.78 is 5.90. The minimum absolute atomic E-state index is 0.0372. The molecule has 1 amide bonds. The highest BCUT2D eigenvalue weighted by atomic mass is 16.5. The van der Waals surface area contributed by atoms with Crippen LogP contribution < -0.4 is 4.74 Å². The van der Waals surface area contributed by atoms with Gasteiger partial charge in [-0.1, -0.05) is 55.5 Å². The van der Waals surface area contributed by atoms with E-state index < -0.39 is 6.10 Å². The van der Waals surface area contributed by atoms with Crippen molar-refractivity contribution in [1.29, 1.82) is 0 Å². The molecule has 0 unspecified atom stereocenters. The molecule has 3 nitrogen and oxygen atoms in total. The van der Waals surface area contributed by atoms with Crippen molar-refractivity contribution in [2.75, 3.05) is 0 Å². The van der Waals surface area contributed by atoms with E-state index in [1.54, 1.807) is 0 Å². The highest BCUT2D eigenvalue weighted by molar-refractivity contribution is 5.81. The van der Waals surface area contributed by atoms with Gasteiger partial charge in [0.25, 0.3) is 5.91 Å². The third-order valence-corrected chi connectivity index (χ3v) is 3.77. The minimum atomic E-state index is -0.455. The maximum atomic E-state index is 12.9. The third kappa shape index (κ3) is 4.85. The van der Waals surface area contributed by atoms with E-state index in [0.29, 0.717) is 13.0 Å². The van der Waals surface area contributed by atoms with E-state index in [9.17, 15) is 4.79 Å². The molecule has 0 saturated carbocycles. The summed E-state index contributed by atoms with van der Waals surface area (Å²) in [6.45, 7) is 6.66. The van der Waals surface area contributed by atoms with Gasteiger partial charge in [-0.2, -0.15) is 0 Å². The largest absolute Gasteiger partial charge is 0.481 e. The number of amides is 1. The van der Waals surface area contributed by atoms with Gasteiger partial charge in [0.2, 0.25) is 0 Å². The van der Waals surface area contributed by atoms with Gasteiger partial charge in [0, 0.05) is 12.6 Å². The Balaban J connectivity index is 2.11. The van der Waals surface area contributed by atoms with Crippen LogP contribution in [0.1, 0.15) is 32.8 Å². The summed E-state index contributed by atoms with van der Waals surface area (Å²) >= 11 is 0. The van der Waals surface area contributed by atoms with E-state index in [4.69, 9.17) is 4.74 Å². The molecule has 122 valence electrons. The summed E-state index contributed by atoms with van der Waals surface area (Å²) in [5, 5.41) is 0. The van der Waals surface area contributed by atoms with Crippen molar-refractivity contribution in [3.05, 3.63) is 66.2 Å². The van der Waals surface area contributed by atoms with Gasteiger partial charge in [-0.3, -0.25) is 4.79 Å². The smallest absolute Gasteiger partial charge is 0.264 e. The number of ether oxygens (including phenoxy) is 1. The zero-order valence-corrected chi connectivity index (χ0v) is 14.1. The molecule has 0 aliphatic heterocycles. The molecule has 0 radical (unpaired) electrons. The van der Waals surface area contributed by atoms with Crippen molar-refractivity contribution in [2.45, 2.75) is 45.9 Å². The second-order valence-electron chi connectivity index (χ2n) is 5.87. The number of nitrogens with zero attached hydrogens (tertiary/aromatic N) is 1. The summed E-state index contributed by atoms with van der Waals surface area (Å²) in [6.07, 6.45) is 0.189. The highest BCUT2D eigenvalue weighted by Gasteiger charge is 2.26. The molecule has 0 N–H and O–H groups in total. The van der Waals surface area contributed by atoms with Crippen LogP contribution in [0.5, 0.6) is 5.75 Å². The third-order valence-electron chi connectivity index (χ3n) is 3.77. The molecule has 0 bridgehead atoms. The van der Waals surface area contributed by atoms with Crippen molar-refractivity contribution in [1.82, 2.24) is 4.90 Å². The fourth-order valence-electron chi connectivity index (χ4n) is 2.45. The number of carbonyl (C=O) groups excluding carboxylic acids is 1. The molecule has 2 rings (SSSR count). The summed E-state index contributed by atoms with van der Waals surface area (Å²) in [6, 6.07) is 19.7. The summed E-state index contributed by atoms with van der Waals surface area (Å²) in [5.41, 5.74) is 1.13. The standard InChI is InChI=1S/C20H25NO2/c1-4-19(23-18-13-9-6-10-14-18)20(22)21(16(2)3)15-17-11-7-5-8-12-17/h5-14,16,19H,4,15H2,1-3H3/t19-/m0/s1. The number of benzene rings is 2. The van der Waals surface area contributed by atoms with Gasteiger partial charge in [0.05, 0.1) is 0 Å². The van der Waals surface area contributed by atoms with E-state index in [2.05, 4.69) is 0 Å². The van der Waals surface area contributed by atoms with Gasteiger partial charge >= 0.3 is 0 Å². The fraction of sp³-hybridized carbons (Fsp3) is 0.350. The van der Waals surface area contributed by atoms with Gasteiger partial charge in [-0.25, -0.2) is 0 Å². The molecule has 0 spiro atoms. The van der Waals surface area contributed by atoms with Crippen molar-refractivity contribution in [3.8, 4) is 5.75 Å². The Morgan fingerprint density at radius 3 is 2.09 bits per heavy atom. The number of rotatable bonds is 7. The average Bonchev–Trinajstić information content (AvgIpc) is 2.58. The molecule has 0 aromatic heterocycles. The molecule has 2 aromatic carbocycles. The van der Waals surface area contributed by atoms with Crippen LogP contribution >= 0.6 is 0 Å². The van der Waals surface area contributed by atoms with Gasteiger partial charge in [0.15, 0.2) is 6.10 Å². The summed E-state index contributed by atoms with van der Waals surface area (Å²) in [5.74, 6) is 0.770. The number of para-hydroxylation sites is 1.